The number of rotatable bonds is 6. The summed E-state index contributed by atoms with van der Waals surface area (Å²) in [5.74, 6) is 0.692. The summed E-state index contributed by atoms with van der Waals surface area (Å²) >= 11 is 0. The average Bonchev–Trinajstić information content (AvgIpc) is 2.42. The molecule has 1 aliphatic heterocycles. The summed E-state index contributed by atoms with van der Waals surface area (Å²) in [6.45, 7) is 13.0. The molecule has 1 heterocycles. The van der Waals surface area contributed by atoms with E-state index in [1.165, 1.54) is 12.8 Å². The van der Waals surface area contributed by atoms with E-state index >= 15 is 0 Å². The minimum Gasteiger partial charge on any atom is -0.444 e. The molecule has 1 rings (SSSR count). The van der Waals surface area contributed by atoms with E-state index in [1.807, 2.05) is 20.8 Å². The van der Waals surface area contributed by atoms with Crippen molar-refractivity contribution in [2.75, 3.05) is 26.2 Å². The quantitative estimate of drug-likeness (QED) is 0.784. The van der Waals surface area contributed by atoms with E-state index in [1.54, 1.807) is 0 Å². The lowest BCUT2D eigenvalue weighted by Crippen LogP contribution is -2.46. The van der Waals surface area contributed by atoms with Crippen molar-refractivity contribution < 1.29 is 14.3 Å². The van der Waals surface area contributed by atoms with Crippen LogP contribution >= 0.6 is 0 Å². The standard InChI is InChI=1S/C17H33N3O3/c1-13-7-6-10-20(12-13)14(2)11-19-15(21)8-9-18-16(22)23-17(3,4)5/h13-14H,6-12H2,1-5H3,(H,18,22)(H,19,21). The van der Waals surface area contributed by atoms with Crippen molar-refractivity contribution >= 4 is 12.0 Å². The number of amides is 2. The van der Waals surface area contributed by atoms with Gasteiger partial charge in [0.25, 0.3) is 0 Å². The lowest BCUT2D eigenvalue weighted by Gasteiger charge is -2.35. The molecule has 0 spiro atoms. The molecule has 0 aliphatic carbocycles. The number of ether oxygens (including phenoxy) is 1. The van der Waals surface area contributed by atoms with Crippen molar-refractivity contribution in [1.82, 2.24) is 15.5 Å². The van der Waals surface area contributed by atoms with Gasteiger partial charge >= 0.3 is 6.09 Å². The smallest absolute Gasteiger partial charge is 0.407 e. The molecule has 23 heavy (non-hydrogen) atoms. The Hall–Kier alpha value is -1.30. The predicted octanol–water partition coefficient (Wildman–Crippen LogP) is 2.14. The van der Waals surface area contributed by atoms with Crippen LogP contribution in [0.5, 0.6) is 0 Å². The van der Waals surface area contributed by atoms with Gasteiger partial charge in [0.05, 0.1) is 0 Å². The van der Waals surface area contributed by atoms with Crippen molar-refractivity contribution in [2.45, 2.75) is 65.5 Å². The van der Waals surface area contributed by atoms with E-state index in [0.717, 1.165) is 19.0 Å². The van der Waals surface area contributed by atoms with Crippen LogP contribution in [0, 0.1) is 5.92 Å². The molecule has 2 unspecified atom stereocenters. The number of piperidine rings is 1. The lowest BCUT2D eigenvalue weighted by molar-refractivity contribution is -0.121. The van der Waals surface area contributed by atoms with Crippen LogP contribution in [-0.2, 0) is 9.53 Å². The Kier molecular flexibility index (Phi) is 7.82. The molecular weight excluding hydrogens is 294 g/mol. The Morgan fingerprint density at radius 2 is 2.00 bits per heavy atom. The molecule has 1 fully saturated rings. The lowest BCUT2D eigenvalue weighted by atomic mass is 9.99. The SMILES string of the molecule is CC1CCCN(C(C)CNC(=O)CCNC(=O)OC(C)(C)C)C1. The zero-order chi connectivity index (χ0) is 17.5. The van der Waals surface area contributed by atoms with E-state index < -0.39 is 11.7 Å². The van der Waals surface area contributed by atoms with Crippen molar-refractivity contribution in [3.8, 4) is 0 Å². The molecule has 0 radical (unpaired) electrons. The Bertz CT molecular complexity index is 393. The molecule has 0 bridgehead atoms. The topological polar surface area (TPSA) is 70.7 Å². The second kappa shape index (κ2) is 9.11. The van der Waals surface area contributed by atoms with Crippen LogP contribution in [0.2, 0.25) is 0 Å². The van der Waals surface area contributed by atoms with Gasteiger partial charge in [-0.25, -0.2) is 4.79 Å². The normalized spacial score (nSPS) is 20.7. The Labute approximate surface area is 140 Å². The highest BCUT2D eigenvalue weighted by molar-refractivity contribution is 5.77. The van der Waals surface area contributed by atoms with E-state index in [9.17, 15) is 9.59 Å². The zero-order valence-electron chi connectivity index (χ0n) is 15.3. The number of likely N-dealkylation sites (tertiary alicyclic amines) is 1. The fourth-order valence-electron chi connectivity index (χ4n) is 2.70. The van der Waals surface area contributed by atoms with Gasteiger partial charge in [-0.05, 0) is 53.0 Å². The highest BCUT2D eigenvalue weighted by Gasteiger charge is 2.21. The second-order valence-corrected chi connectivity index (χ2v) is 7.57. The van der Waals surface area contributed by atoms with Gasteiger partial charge in [-0.1, -0.05) is 6.92 Å². The van der Waals surface area contributed by atoms with Crippen LogP contribution in [0.25, 0.3) is 0 Å². The third-order valence-electron chi connectivity index (χ3n) is 3.93. The molecule has 6 nitrogen and oxygen atoms in total. The van der Waals surface area contributed by atoms with Crippen LogP contribution < -0.4 is 10.6 Å². The first-order valence-corrected chi connectivity index (χ1v) is 8.65. The van der Waals surface area contributed by atoms with Crippen LogP contribution in [0.3, 0.4) is 0 Å². The van der Waals surface area contributed by atoms with Gasteiger partial charge in [-0.3, -0.25) is 9.69 Å². The van der Waals surface area contributed by atoms with E-state index in [4.69, 9.17) is 4.74 Å². The highest BCUT2D eigenvalue weighted by Crippen LogP contribution is 2.17. The maximum absolute atomic E-state index is 11.8. The van der Waals surface area contributed by atoms with Crippen LogP contribution in [0.1, 0.15) is 53.9 Å². The molecule has 0 aromatic rings. The van der Waals surface area contributed by atoms with Gasteiger partial charge < -0.3 is 15.4 Å². The minimum atomic E-state index is -0.520. The molecule has 134 valence electrons. The van der Waals surface area contributed by atoms with Gasteiger partial charge in [0.1, 0.15) is 5.60 Å². The summed E-state index contributed by atoms with van der Waals surface area (Å²) < 4.78 is 5.12. The van der Waals surface area contributed by atoms with Gasteiger partial charge in [0.2, 0.25) is 5.91 Å². The van der Waals surface area contributed by atoms with Gasteiger partial charge in [-0.15, -0.1) is 0 Å². The molecule has 2 atom stereocenters. The monoisotopic (exact) mass is 327 g/mol. The van der Waals surface area contributed by atoms with Gasteiger partial charge in [0.15, 0.2) is 0 Å². The first kappa shape index (κ1) is 19.7. The minimum absolute atomic E-state index is 0.0435. The summed E-state index contributed by atoms with van der Waals surface area (Å²) in [7, 11) is 0. The Balaban J connectivity index is 2.15. The summed E-state index contributed by atoms with van der Waals surface area (Å²) in [4.78, 5) is 25.7. The average molecular weight is 327 g/mol. The fourth-order valence-corrected chi connectivity index (χ4v) is 2.70. The number of carbonyl (C=O) groups is 2. The number of carbonyl (C=O) groups excluding carboxylic acids is 2. The largest absolute Gasteiger partial charge is 0.444 e. The van der Waals surface area contributed by atoms with Gasteiger partial charge in [-0.2, -0.15) is 0 Å². The third kappa shape index (κ3) is 8.79. The molecule has 0 aromatic heterocycles. The molecule has 0 saturated carbocycles. The molecule has 2 N–H and O–H groups in total. The molecule has 6 heteroatoms. The summed E-state index contributed by atoms with van der Waals surface area (Å²) in [5.41, 5.74) is -0.520. The molecule has 2 amide bonds. The fraction of sp³-hybridized carbons (Fsp3) is 0.882. The second-order valence-electron chi connectivity index (χ2n) is 7.57. The van der Waals surface area contributed by atoms with Crippen molar-refractivity contribution in [3.05, 3.63) is 0 Å². The highest BCUT2D eigenvalue weighted by atomic mass is 16.6. The van der Waals surface area contributed by atoms with Crippen LogP contribution in [0.4, 0.5) is 4.79 Å². The number of nitrogens with one attached hydrogen (secondary N) is 2. The third-order valence-corrected chi connectivity index (χ3v) is 3.93. The number of hydrogen-bond donors (Lipinski definition) is 2. The van der Waals surface area contributed by atoms with Crippen molar-refractivity contribution in [2.24, 2.45) is 5.92 Å². The van der Waals surface area contributed by atoms with E-state index in [0.29, 0.717) is 12.6 Å². The first-order chi connectivity index (χ1) is 10.7. The van der Waals surface area contributed by atoms with E-state index in [2.05, 4.69) is 29.4 Å². The number of alkyl carbamates (subject to hydrolysis) is 1. The first-order valence-electron chi connectivity index (χ1n) is 8.65. The van der Waals surface area contributed by atoms with Crippen molar-refractivity contribution in [1.29, 1.82) is 0 Å². The van der Waals surface area contributed by atoms with Crippen LogP contribution in [-0.4, -0.2) is 54.7 Å². The summed E-state index contributed by atoms with van der Waals surface area (Å²) in [6.07, 6.45) is 2.31. The molecular formula is C17H33N3O3. The van der Waals surface area contributed by atoms with Gasteiger partial charge in [0, 0.05) is 32.1 Å². The Morgan fingerprint density at radius 3 is 2.61 bits per heavy atom. The summed E-state index contributed by atoms with van der Waals surface area (Å²) in [6, 6.07) is 0.348. The zero-order valence-corrected chi connectivity index (χ0v) is 15.3. The number of hydrogen-bond acceptors (Lipinski definition) is 4. The Morgan fingerprint density at radius 1 is 1.30 bits per heavy atom. The summed E-state index contributed by atoms with van der Waals surface area (Å²) in [5, 5.41) is 5.54. The predicted molar refractivity (Wildman–Crippen MR) is 91.3 cm³/mol. The molecule has 1 saturated heterocycles. The maximum atomic E-state index is 11.8. The maximum Gasteiger partial charge on any atom is 0.407 e. The number of nitrogens with zero attached hydrogens (tertiary/aromatic N) is 1. The molecule has 0 aromatic carbocycles. The van der Waals surface area contributed by atoms with E-state index in [-0.39, 0.29) is 18.9 Å². The van der Waals surface area contributed by atoms with Crippen LogP contribution in [0.15, 0.2) is 0 Å². The molecule has 1 aliphatic rings. The van der Waals surface area contributed by atoms with Crippen molar-refractivity contribution in [3.63, 3.8) is 0 Å².